The van der Waals surface area contributed by atoms with E-state index in [0.29, 0.717) is 30.4 Å². The van der Waals surface area contributed by atoms with Crippen LogP contribution in [0.4, 0.5) is 0 Å². The van der Waals surface area contributed by atoms with Crippen molar-refractivity contribution in [2.45, 2.75) is 13.1 Å². The van der Waals surface area contributed by atoms with Crippen molar-refractivity contribution in [3.05, 3.63) is 59.0 Å². The third-order valence-electron chi connectivity index (χ3n) is 3.72. The highest BCUT2D eigenvalue weighted by Gasteiger charge is 2.17. The molecule has 0 saturated heterocycles. The van der Waals surface area contributed by atoms with Gasteiger partial charge in [-0.2, -0.15) is 0 Å². The zero-order chi connectivity index (χ0) is 18.2. The first-order valence-corrected chi connectivity index (χ1v) is 8.40. The Morgan fingerprint density at radius 3 is 2.60 bits per heavy atom. The fourth-order valence-electron chi connectivity index (χ4n) is 2.36. The first kappa shape index (κ1) is 19.0. The molecule has 2 amide bonds. The topological polar surface area (TPSA) is 67.0 Å². The van der Waals surface area contributed by atoms with E-state index in [9.17, 15) is 9.59 Å². The van der Waals surface area contributed by atoms with Crippen LogP contribution in [0.3, 0.4) is 0 Å². The average molecular weight is 365 g/mol. The highest BCUT2D eigenvalue weighted by atomic mass is 35.5. The number of nitrogens with zero attached hydrogens (tertiary/aromatic N) is 1. The Morgan fingerprint density at radius 2 is 1.96 bits per heavy atom. The number of hydrogen-bond acceptors (Lipinski definition) is 3. The van der Waals surface area contributed by atoms with Gasteiger partial charge in [-0.25, -0.2) is 0 Å². The Morgan fingerprint density at radius 1 is 1.24 bits per heavy atom. The molecule has 1 aromatic carbocycles. The van der Waals surface area contributed by atoms with Crippen LogP contribution in [0.2, 0.25) is 5.02 Å². The van der Waals surface area contributed by atoms with Crippen LogP contribution in [-0.2, 0) is 22.7 Å². The highest BCUT2D eigenvalue weighted by molar-refractivity contribution is 6.30. The number of likely N-dealkylation sites (N-methyl/N-ethyl adjacent to an activating group) is 2. The molecule has 2 N–H and O–H groups in total. The number of hydrogen-bond donors (Lipinski definition) is 2. The minimum absolute atomic E-state index is 0.0216. The van der Waals surface area contributed by atoms with E-state index in [1.165, 1.54) is 4.90 Å². The molecule has 0 spiro atoms. The van der Waals surface area contributed by atoms with Crippen LogP contribution in [0.1, 0.15) is 11.3 Å². The Balaban J connectivity index is 1.73. The summed E-state index contributed by atoms with van der Waals surface area (Å²) in [5, 5.41) is 3.42. The van der Waals surface area contributed by atoms with Gasteiger partial charge in [-0.05, 0) is 24.3 Å². The summed E-state index contributed by atoms with van der Waals surface area (Å²) in [4.78, 5) is 26.6. The van der Waals surface area contributed by atoms with Crippen molar-refractivity contribution in [1.82, 2.24) is 10.2 Å². The Labute approximate surface area is 152 Å². The monoisotopic (exact) mass is 364 g/mol. The number of quaternary nitrogens is 1. The van der Waals surface area contributed by atoms with E-state index in [0.717, 1.165) is 10.5 Å². The van der Waals surface area contributed by atoms with Gasteiger partial charge in [0.2, 0.25) is 5.91 Å². The number of amides is 2. The fraction of sp³-hybridized carbons (Fsp3) is 0.333. The molecule has 0 aliphatic heterocycles. The Hall–Kier alpha value is -2.31. The minimum Gasteiger partial charge on any atom is -0.467 e. The van der Waals surface area contributed by atoms with Gasteiger partial charge in [0.05, 0.1) is 26.4 Å². The van der Waals surface area contributed by atoms with Gasteiger partial charge >= 0.3 is 0 Å². The largest absolute Gasteiger partial charge is 0.467 e. The molecule has 0 saturated carbocycles. The SMILES string of the molecule is CN(CC(=O)NCc1ccco1)C(=O)C[NH+](C)Cc1ccc(Cl)cc1. The van der Waals surface area contributed by atoms with Crippen LogP contribution in [0, 0.1) is 0 Å². The van der Waals surface area contributed by atoms with Gasteiger partial charge in [0.15, 0.2) is 6.54 Å². The van der Waals surface area contributed by atoms with E-state index in [4.69, 9.17) is 16.0 Å². The smallest absolute Gasteiger partial charge is 0.277 e. The number of nitrogens with one attached hydrogen (secondary N) is 2. The molecule has 0 fully saturated rings. The van der Waals surface area contributed by atoms with E-state index in [2.05, 4.69) is 5.32 Å². The molecule has 0 aliphatic carbocycles. The van der Waals surface area contributed by atoms with Gasteiger partial charge in [-0.1, -0.05) is 23.7 Å². The number of halogens is 1. The highest BCUT2D eigenvalue weighted by Crippen LogP contribution is 2.08. The summed E-state index contributed by atoms with van der Waals surface area (Å²) in [5.41, 5.74) is 1.11. The summed E-state index contributed by atoms with van der Waals surface area (Å²) < 4.78 is 5.15. The standard InChI is InChI=1S/C18H22ClN3O3/c1-21(11-14-5-7-15(19)8-6-14)13-18(24)22(2)12-17(23)20-10-16-4-3-9-25-16/h3-9H,10-13H2,1-2H3,(H,20,23)/p+1. The maximum absolute atomic E-state index is 12.3. The van der Waals surface area contributed by atoms with Crippen LogP contribution in [0.15, 0.2) is 47.1 Å². The summed E-state index contributed by atoms with van der Waals surface area (Å²) >= 11 is 5.87. The lowest BCUT2D eigenvalue weighted by Gasteiger charge is -2.19. The second-order valence-corrected chi connectivity index (χ2v) is 6.48. The van der Waals surface area contributed by atoms with Crippen LogP contribution < -0.4 is 10.2 Å². The van der Waals surface area contributed by atoms with E-state index in [1.54, 1.807) is 25.4 Å². The molecule has 25 heavy (non-hydrogen) atoms. The van der Waals surface area contributed by atoms with Crippen LogP contribution in [0.5, 0.6) is 0 Å². The van der Waals surface area contributed by atoms with Crippen molar-refractivity contribution < 1.29 is 18.9 Å². The number of benzene rings is 1. The summed E-state index contributed by atoms with van der Waals surface area (Å²) in [7, 11) is 3.57. The van der Waals surface area contributed by atoms with Crippen molar-refractivity contribution in [1.29, 1.82) is 0 Å². The van der Waals surface area contributed by atoms with Crippen LogP contribution in [-0.4, -0.2) is 43.9 Å². The van der Waals surface area contributed by atoms with Crippen molar-refractivity contribution in [2.24, 2.45) is 0 Å². The third-order valence-corrected chi connectivity index (χ3v) is 3.97. The third kappa shape index (κ3) is 6.60. The lowest BCUT2D eigenvalue weighted by Crippen LogP contribution is -3.08. The number of furan rings is 1. The van der Waals surface area contributed by atoms with Gasteiger partial charge in [-0.3, -0.25) is 9.59 Å². The van der Waals surface area contributed by atoms with E-state index in [-0.39, 0.29) is 18.4 Å². The second kappa shape index (κ2) is 9.25. The maximum Gasteiger partial charge on any atom is 0.277 e. The Bertz CT molecular complexity index is 686. The number of carbonyl (C=O) groups is 2. The minimum atomic E-state index is -0.220. The molecule has 7 heteroatoms. The summed E-state index contributed by atoms with van der Waals surface area (Å²) in [5.74, 6) is 0.372. The van der Waals surface area contributed by atoms with Crippen molar-refractivity contribution in [3.63, 3.8) is 0 Å². The van der Waals surface area contributed by atoms with E-state index >= 15 is 0 Å². The van der Waals surface area contributed by atoms with Crippen molar-refractivity contribution >= 4 is 23.4 Å². The first-order valence-electron chi connectivity index (χ1n) is 8.03. The molecule has 2 aromatic rings. The van der Waals surface area contributed by atoms with Gasteiger partial charge in [0, 0.05) is 17.6 Å². The maximum atomic E-state index is 12.3. The summed E-state index contributed by atoms with van der Waals surface area (Å²) in [6, 6.07) is 11.1. The molecular formula is C18H23ClN3O3+. The van der Waals surface area contributed by atoms with Gasteiger partial charge in [0.25, 0.3) is 5.91 Å². The average Bonchev–Trinajstić information content (AvgIpc) is 3.08. The van der Waals surface area contributed by atoms with E-state index < -0.39 is 0 Å². The molecule has 1 unspecified atom stereocenters. The quantitative estimate of drug-likeness (QED) is 0.725. The zero-order valence-corrected chi connectivity index (χ0v) is 15.2. The molecule has 0 aliphatic rings. The molecular weight excluding hydrogens is 342 g/mol. The Kier molecular flexibility index (Phi) is 7.03. The molecule has 1 heterocycles. The summed E-state index contributed by atoms with van der Waals surface area (Å²) in [6.07, 6.45) is 1.55. The molecule has 0 bridgehead atoms. The molecule has 1 aromatic heterocycles. The molecule has 0 radical (unpaired) electrons. The summed E-state index contributed by atoms with van der Waals surface area (Å²) in [6.45, 7) is 1.36. The molecule has 134 valence electrons. The lowest BCUT2D eigenvalue weighted by atomic mass is 10.2. The van der Waals surface area contributed by atoms with Gasteiger partial charge < -0.3 is 19.5 Å². The van der Waals surface area contributed by atoms with Crippen LogP contribution >= 0.6 is 11.6 Å². The normalized spacial score (nSPS) is 11.8. The number of rotatable bonds is 8. The fourth-order valence-corrected chi connectivity index (χ4v) is 2.49. The molecule has 6 nitrogen and oxygen atoms in total. The molecule has 2 rings (SSSR count). The van der Waals surface area contributed by atoms with E-state index in [1.807, 2.05) is 31.3 Å². The second-order valence-electron chi connectivity index (χ2n) is 6.04. The molecule has 1 atom stereocenters. The van der Waals surface area contributed by atoms with Crippen molar-refractivity contribution in [3.8, 4) is 0 Å². The van der Waals surface area contributed by atoms with Gasteiger partial charge in [0.1, 0.15) is 12.3 Å². The van der Waals surface area contributed by atoms with Crippen LogP contribution in [0.25, 0.3) is 0 Å². The predicted molar refractivity (Wildman–Crippen MR) is 95.1 cm³/mol. The zero-order valence-electron chi connectivity index (χ0n) is 14.4. The number of carbonyl (C=O) groups excluding carboxylic acids is 2. The first-order chi connectivity index (χ1) is 11.9. The van der Waals surface area contributed by atoms with Crippen molar-refractivity contribution in [2.75, 3.05) is 27.2 Å². The lowest BCUT2D eigenvalue weighted by molar-refractivity contribution is -0.885. The van der Waals surface area contributed by atoms with Gasteiger partial charge in [-0.15, -0.1) is 0 Å². The predicted octanol–water partition coefficient (Wildman–Crippen LogP) is 0.723.